The standard InChI is InChI=1S/C14H19ClN2.ClH/c1-10-2-3-11(4-14(10)15)7-17-8-12-5-16-6-13(12)9-17;/h2-4,12-13,16H,5-9H2,1H3;1H/t12-,13+;. The summed E-state index contributed by atoms with van der Waals surface area (Å²) >= 11 is 6.17. The van der Waals surface area contributed by atoms with Crippen LogP contribution in [0.25, 0.3) is 0 Å². The number of rotatable bonds is 2. The van der Waals surface area contributed by atoms with E-state index in [9.17, 15) is 0 Å². The number of hydrogen-bond acceptors (Lipinski definition) is 2. The van der Waals surface area contributed by atoms with E-state index in [0.29, 0.717) is 0 Å². The van der Waals surface area contributed by atoms with Crippen LogP contribution in [0.2, 0.25) is 5.02 Å². The fourth-order valence-electron chi connectivity index (χ4n) is 3.07. The summed E-state index contributed by atoms with van der Waals surface area (Å²) in [5, 5.41) is 4.37. The zero-order valence-corrected chi connectivity index (χ0v) is 12.2. The molecule has 1 N–H and O–H groups in total. The number of nitrogens with zero attached hydrogens (tertiary/aromatic N) is 1. The Hall–Kier alpha value is -0.280. The molecule has 2 nitrogen and oxygen atoms in total. The largest absolute Gasteiger partial charge is 0.316 e. The second kappa shape index (κ2) is 5.79. The molecule has 0 unspecified atom stereocenters. The Bertz CT molecular complexity index is 410. The van der Waals surface area contributed by atoms with Gasteiger partial charge in [-0.15, -0.1) is 12.4 Å². The van der Waals surface area contributed by atoms with Gasteiger partial charge in [-0.05, 0) is 49.0 Å². The normalized spacial score (nSPS) is 27.0. The molecule has 3 rings (SSSR count). The molecule has 2 fully saturated rings. The molecular weight excluding hydrogens is 267 g/mol. The Kier molecular flexibility index (Phi) is 4.54. The molecule has 0 saturated carbocycles. The van der Waals surface area contributed by atoms with Crippen molar-refractivity contribution in [3.63, 3.8) is 0 Å². The first-order valence-electron chi connectivity index (χ1n) is 6.40. The molecule has 0 aliphatic carbocycles. The van der Waals surface area contributed by atoms with Crippen molar-refractivity contribution in [1.29, 1.82) is 0 Å². The van der Waals surface area contributed by atoms with Gasteiger partial charge in [0.1, 0.15) is 0 Å². The van der Waals surface area contributed by atoms with Gasteiger partial charge in [0.05, 0.1) is 0 Å². The van der Waals surface area contributed by atoms with Gasteiger partial charge in [-0.3, -0.25) is 4.90 Å². The third-order valence-electron chi connectivity index (χ3n) is 4.11. The topological polar surface area (TPSA) is 15.3 Å². The lowest BCUT2D eigenvalue weighted by Crippen LogP contribution is -2.25. The first-order valence-corrected chi connectivity index (χ1v) is 6.78. The molecule has 4 heteroatoms. The summed E-state index contributed by atoms with van der Waals surface area (Å²) in [6, 6.07) is 6.44. The average molecular weight is 287 g/mol. The van der Waals surface area contributed by atoms with Gasteiger partial charge in [-0.25, -0.2) is 0 Å². The maximum absolute atomic E-state index is 6.17. The Balaban J connectivity index is 0.00000120. The second-order valence-electron chi connectivity index (χ2n) is 5.46. The van der Waals surface area contributed by atoms with Crippen molar-refractivity contribution in [3.05, 3.63) is 34.3 Å². The molecule has 18 heavy (non-hydrogen) atoms. The molecule has 0 amide bonds. The van der Waals surface area contributed by atoms with Crippen molar-refractivity contribution < 1.29 is 0 Å². The van der Waals surface area contributed by atoms with Crippen molar-refractivity contribution in [2.45, 2.75) is 13.5 Å². The number of likely N-dealkylation sites (tertiary alicyclic amines) is 1. The highest BCUT2D eigenvalue weighted by Crippen LogP contribution is 2.28. The number of fused-ring (bicyclic) bond motifs is 1. The van der Waals surface area contributed by atoms with Gasteiger partial charge in [-0.1, -0.05) is 23.7 Å². The summed E-state index contributed by atoms with van der Waals surface area (Å²) in [6.07, 6.45) is 0. The molecule has 2 atom stereocenters. The molecule has 100 valence electrons. The van der Waals surface area contributed by atoms with Crippen molar-refractivity contribution in [2.24, 2.45) is 11.8 Å². The number of halogens is 2. The quantitative estimate of drug-likeness (QED) is 0.899. The Morgan fingerprint density at radius 3 is 2.56 bits per heavy atom. The van der Waals surface area contributed by atoms with Crippen LogP contribution in [0.15, 0.2) is 18.2 Å². The molecule has 0 spiro atoms. The third kappa shape index (κ3) is 2.83. The van der Waals surface area contributed by atoms with E-state index in [1.54, 1.807) is 0 Å². The molecule has 2 saturated heterocycles. The molecule has 2 aliphatic rings. The molecule has 1 aromatic rings. The zero-order chi connectivity index (χ0) is 11.8. The predicted molar refractivity (Wildman–Crippen MR) is 78.6 cm³/mol. The summed E-state index contributed by atoms with van der Waals surface area (Å²) in [6.45, 7) is 7.99. The van der Waals surface area contributed by atoms with Crippen LogP contribution in [0.1, 0.15) is 11.1 Å². The minimum Gasteiger partial charge on any atom is -0.316 e. The van der Waals surface area contributed by atoms with E-state index in [1.807, 2.05) is 0 Å². The minimum absolute atomic E-state index is 0. The Morgan fingerprint density at radius 1 is 1.28 bits per heavy atom. The van der Waals surface area contributed by atoms with Crippen molar-refractivity contribution in [3.8, 4) is 0 Å². The van der Waals surface area contributed by atoms with Crippen molar-refractivity contribution in [1.82, 2.24) is 10.2 Å². The maximum Gasteiger partial charge on any atom is 0.0438 e. The zero-order valence-electron chi connectivity index (χ0n) is 10.7. The fourth-order valence-corrected chi connectivity index (χ4v) is 3.28. The van der Waals surface area contributed by atoms with E-state index >= 15 is 0 Å². The summed E-state index contributed by atoms with van der Waals surface area (Å²) in [7, 11) is 0. The predicted octanol–water partition coefficient (Wildman–Crippen LogP) is 2.72. The van der Waals surface area contributed by atoms with Crippen molar-refractivity contribution in [2.75, 3.05) is 26.2 Å². The summed E-state index contributed by atoms with van der Waals surface area (Å²) in [4.78, 5) is 2.57. The van der Waals surface area contributed by atoms with Gasteiger partial charge in [0, 0.05) is 24.7 Å². The molecule has 2 aliphatic heterocycles. The third-order valence-corrected chi connectivity index (χ3v) is 4.51. The number of nitrogens with one attached hydrogen (secondary N) is 1. The molecule has 2 heterocycles. The fraction of sp³-hybridized carbons (Fsp3) is 0.571. The van der Waals surface area contributed by atoms with E-state index in [4.69, 9.17) is 11.6 Å². The lowest BCUT2D eigenvalue weighted by atomic mass is 10.0. The van der Waals surface area contributed by atoms with Gasteiger partial charge >= 0.3 is 0 Å². The summed E-state index contributed by atoms with van der Waals surface area (Å²) in [5.41, 5.74) is 2.51. The van der Waals surface area contributed by atoms with Crippen LogP contribution in [0.4, 0.5) is 0 Å². The van der Waals surface area contributed by atoms with Crippen LogP contribution in [0.5, 0.6) is 0 Å². The number of aryl methyl sites for hydroxylation is 1. The highest BCUT2D eigenvalue weighted by atomic mass is 35.5. The molecule has 0 aromatic heterocycles. The minimum atomic E-state index is 0. The van der Waals surface area contributed by atoms with E-state index in [1.165, 1.54) is 31.7 Å². The SMILES string of the molecule is Cc1ccc(CN2C[C@H]3CNC[C@H]3C2)cc1Cl.Cl. The highest BCUT2D eigenvalue weighted by Gasteiger charge is 2.35. The van der Waals surface area contributed by atoms with Crippen molar-refractivity contribution >= 4 is 24.0 Å². The van der Waals surface area contributed by atoms with E-state index in [2.05, 4.69) is 35.3 Å². The smallest absolute Gasteiger partial charge is 0.0438 e. The molecular formula is C14H20Cl2N2. The number of benzene rings is 1. The monoisotopic (exact) mass is 286 g/mol. The van der Waals surface area contributed by atoms with E-state index in [-0.39, 0.29) is 12.4 Å². The average Bonchev–Trinajstić information content (AvgIpc) is 2.84. The highest BCUT2D eigenvalue weighted by molar-refractivity contribution is 6.31. The maximum atomic E-state index is 6.17. The molecule has 0 bridgehead atoms. The van der Waals surface area contributed by atoms with Crippen LogP contribution in [0.3, 0.4) is 0 Å². The van der Waals surface area contributed by atoms with Crippen LogP contribution >= 0.6 is 24.0 Å². The number of hydrogen-bond donors (Lipinski definition) is 1. The van der Waals surface area contributed by atoms with Crippen LogP contribution in [-0.2, 0) is 6.54 Å². The lowest BCUT2D eigenvalue weighted by molar-refractivity contribution is 0.305. The Labute approximate surface area is 120 Å². The first kappa shape index (κ1) is 14.1. The summed E-state index contributed by atoms with van der Waals surface area (Å²) in [5.74, 6) is 1.74. The van der Waals surface area contributed by atoms with Gasteiger partial charge in [0.2, 0.25) is 0 Å². The van der Waals surface area contributed by atoms with Crippen LogP contribution in [-0.4, -0.2) is 31.1 Å². The van der Waals surface area contributed by atoms with Crippen LogP contribution in [0, 0.1) is 18.8 Å². The lowest BCUT2D eigenvalue weighted by Gasteiger charge is -2.17. The summed E-state index contributed by atoms with van der Waals surface area (Å²) < 4.78 is 0. The van der Waals surface area contributed by atoms with Gasteiger partial charge in [0.15, 0.2) is 0 Å². The van der Waals surface area contributed by atoms with Crippen LogP contribution < -0.4 is 5.32 Å². The second-order valence-corrected chi connectivity index (χ2v) is 5.86. The first-order chi connectivity index (χ1) is 8.22. The van der Waals surface area contributed by atoms with Gasteiger partial charge in [0.25, 0.3) is 0 Å². The van der Waals surface area contributed by atoms with E-state index < -0.39 is 0 Å². The van der Waals surface area contributed by atoms with E-state index in [0.717, 1.165) is 29.0 Å². The Morgan fingerprint density at radius 2 is 1.94 bits per heavy atom. The van der Waals surface area contributed by atoms with Gasteiger partial charge in [-0.2, -0.15) is 0 Å². The molecule has 0 radical (unpaired) electrons. The van der Waals surface area contributed by atoms with Gasteiger partial charge < -0.3 is 5.32 Å². The molecule has 1 aromatic carbocycles.